The van der Waals surface area contributed by atoms with Gasteiger partial charge < -0.3 is 10.6 Å². The number of hydrogen-bond donors (Lipinski definition) is 3. The summed E-state index contributed by atoms with van der Waals surface area (Å²) < 4.78 is 29.0. The van der Waals surface area contributed by atoms with Gasteiger partial charge in [-0.15, -0.1) is 24.0 Å². The van der Waals surface area contributed by atoms with E-state index in [1.165, 1.54) is 17.7 Å². The Morgan fingerprint density at radius 3 is 2.57 bits per heavy atom. The van der Waals surface area contributed by atoms with Gasteiger partial charge in [0.25, 0.3) is 0 Å². The van der Waals surface area contributed by atoms with Crippen LogP contribution in [0.5, 0.6) is 0 Å². The Balaban J connectivity index is 0.00000450. The number of aliphatic imine (C=N–C) groups is 1. The molecular weight excluding hydrogens is 539 g/mol. The van der Waals surface area contributed by atoms with Crippen molar-refractivity contribution in [3.05, 3.63) is 46.2 Å². The highest BCUT2D eigenvalue weighted by molar-refractivity contribution is 14.0. The van der Waals surface area contributed by atoms with Crippen molar-refractivity contribution in [2.45, 2.75) is 38.1 Å². The molecule has 0 saturated heterocycles. The molecule has 3 N–H and O–H groups in total. The van der Waals surface area contributed by atoms with Gasteiger partial charge in [0, 0.05) is 43.9 Å². The molecule has 8 nitrogen and oxygen atoms in total. The van der Waals surface area contributed by atoms with Crippen LogP contribution in [0.15, 0.2) is 34.2 Å². The first-order valence-corrected chi connectivity index (χ1v) is 11.2. The molecule has 1 heterocycles. The Bertz CT molecular complexity index is 977. The molecule has 0 aliphatic carbocycles. The molecule has 0 bridgehead atoms. The summed E-state index contributed by atoms with van der Waals surface area (Å²) >= 11 is 5.87. The lowest BCUT2D eigenvalue weighted by molar-refractivity contribution is 0.579. The largest absolute Gasteiger partial charge is 0.355 e. The second kappa shape index (κ2) is 11.9. The molecule has 0 fully saturated rings. The second-order valence-corrected chi connectivity index (χ2v) is 9.08. The summed E-state index contributed by atoms with van der Waals surface area (Å²) in [6, 6.07) is 6.29. The minimum Gasteiger partial charge on any atom is -0.355 e. The van der Waals surface area contributed by atoms with E-state index in [4.69, 9.17) is 11.6 Å². The number of guanidine groups is 1. The van der Waals surface area contributed by atoms with Crippen LogP contribution in [0.2, 0.25) is 5.02 Å². The van der Waals surface area contributed by atoms with Crippen LogP contribution in [-0.2, 0) is 23.5 Å². The smallest absolute Gasteiger partial charge is 0.240 e. The fourth-order valence-corrected chi connectivity index (χ4v) is 4.31. The number of nitrogens with zero attached hydrogens (tertiary/aromatic N) is 3. The van der Waals surface area contributed by atoms with Gasteiger partial charge >= 0.3 is 0 Å². The lowest BCUT2D eigenvalue weighted by Crippen LogP contribution is -2.45. The van der Waals surface area contributed by atoms with Crippen LogP contribution in [0.4, 0.5) is 0 Å². The molecule has 1 aromatic heterocycles. The monoisotopic (exact) mass is 568 g/mol. The Morgan fingerprint density at radius 2 is 2.00 bits per heavy atom. The van der Waals surface area contributed by atoms with E-state index in [1.54, 1.807) is 19.2 Å². The van der Waals surface area contributed by atoms with Crippen molar-refractivity contribution >= 4 is 51.6 Å². The van der Waals surface area contributed by atoms with Gasteiger partial charge in [-0.3, -0.25) is 9.67 Å². The molecule has 168 valence electrons. The summed E-state index contributed by atoms with van der Waals surface area (Å²) in [6.45, 7) is 6.73. The van der Waals surface area contributed by atoms with Gasteiger partial charge in [-0.1, -0.05) is 17.7 Å². The first kappa shape index (κ1) is 26.7. The first-order valence-electron chi connectivity index (χ1n) is 9.35. The standard InChI is InChI=1S/C19H29ClN6O2S.HI/c1-13(11-18-14(2)25-26(5)15(18)3)24-19(21-4)22-9-10-23-29(27,28)17-8-6-7-16(20)12-17;/h6-8,12-13,23H,9-11H2,1-5H3,(H2,21,22,24);1H. The van der Waals surface area contributed by atoms with E-state index < -0.39 is 10.0 Å². The van der Waals surface area contributed by atoms with E-state index in [0.717, 1.165) is 17.8 Å². The van der Waals surface area contributed by atoms with E-state index in [-0.39, 0.29) is 41.5 Å². The van der Waals surface area contributed by atoms with E-state index in [1.807, 2.05) is 18.7 Å². The quantitative estimate of drug-likeness (QED) is 0.197. The second-order valence-electron chi connectivity index (χ2n) is 6.88. The molecule has 0 saturated carbocycles. The van der Waals surface area contributed by atoms with E-state index in [9.17, 15) is 8.42 Å². The summed E-state index contributed by atoms with van der Waals surface area (Å²) in [4.78, 5) is 4.34. The number of aryl methyl sites for hydroxylation is 2. The Morgan fingerprint density at radius 1 is 1.30 bits per heavy atom. The van der Waals surface area contributed by atoms with Gasteiger partial charge in [0.15, 0.2) is 5.96 Å². The number of hydrogen-bond acceptors (Lipinski definition) is 4. The Hall–Kier alpha value is -1.37. The van der Waals surface area contributed by atoms with Gasteiger partial charge in [-0.25, -0.2) is 13.1 Å². The zero-order chi connectivity index (χ0) is 21.6. The number of benzene rings is 1. The minimum absolute atomic E-state index is 0. The topological polar surface area (TPSA) is 100 Å². The maximum absolute atomic E-state index is 12.3. The number of aromatic nitrogens is 2. The van der Waals surface area contributed by atoms with Gasteiger partial charge in [-0.05, 0) is 51.0 Å². The van der Waals surface area contributed by atoms with Crippen LogP contribution < -0.4 is 15.4 Å². The lowest BCUT2D eigenvalue weighted by Gasteiger charge is -2.18. The molecular formula is C19H30ClIN6O2S. The summed E-state index contributed by atoms with van der Waals surface area (Å²) in [6.07, 6.45) is 0.813. The maximum atomic E-state index is 12.3. The molecule has 11 heteroatoms. The molecule has 0 aliphatic heterocycles. The first-order chi connectivity index (χ1) is 13.6. The van der Waals surface area contributed by atoms with E-state index in [2.05, 4.69) is 39.3 Å². The summed E-state index contributed by atoms with van der Waals surface area (Å²) in [5.41, 5.74) is 3.39. The van der Waals surface area contributed by atoms with Crippen molar-refractivity contribution in [3.8, 4) is 0 Å². The molecule has 0 spiro atoms. The molecule has 1 aromatic carbocycles. The van der Waals surface area contributed by atoms with Crippen LogP contribution in [0.25, 0.3) is 0 Å². The SMILES string of the molecule is CN=C(NCCNS(=O)(=O)c1cccc(Cl)c1)NC(C)Cc1c(C)nn(C)c1C.I. The average molecular weight is 569 g/mol. The number of rotatable bonds is 8. The Labute approximate surface area is 200 Å². The third-order valence-corrected chi connectivity index (χ3v) is 6.29. The highest BCUT2D eigenvalue weighted by Gasteiger charge is 2.15. The molecule has 30 heavy (non-hydrogen) atoms. The number of halogens is 2. The van der Waals surface area contributed by atoms with Crippen LogP contribution >= 0.6 is 35.6 Å². The minimum atomic E-state index is -3.60. The Kier molecular flexibility index (Phi) is 10.5. The highest BCUT2D eigenvalue weighted by atomic mass is 127. The van der Waals surface area contributed by atoms with E-state index >= 15 is 0 Å². The summed E-state index contributed by atoms with van der Waals surface area (Å²) in [5.74, 6) is 0.610. The average Bonchev–Trinajstić information content (AvgIpc) is 2.90. The zero-order valence-electron chi connectivity index (χ0n) is 17.9. The summed E-state index contributed by atoms with van der Waals surface area (Å²) in [5, 5.41) is 11.3. The fraction of sp³-hybridized carbons (Fsp3) is 0.474. The predicted octanol–water partition coefficient (Wildman–Crippen LogP) is 2.38. The number of sulfonamides is 1. The van der Waals surface area contributed by atoms with E-state index in [0.29, 0.717) is 17.5 Å². The van der Waals surface area contributed by atoms with Gasteiger partial charge in [0.2, 0.25) is 10.0 Å². The third-order valence-electron chi connectivity index (χ3n) is 4.59. The molecule has 2 aromatic rings. The maximum Gasteiger partial charge on any atom is 0.240 e. The molecule has 0 aliphatic rings. The van der Waals surface area contributed by atoms with Crippen molar-refractivity contribution in [1.29, 1.82) is 0 Å². The lowest BCUT2D eigenvalue weighted by atomic mass is 10.1. The van der Waals surface area contributed by atoms with Crippen molar-refractivity contribution in [2.75, 3.05) is 20.1 Å². The van der Waals surface area contributed by atoms with Crippen LogP contribution in [0.3, 0.4) is 0 Å². The van der Waals surface area contributed by atoms with Crippen LogP contribution in [-0.4, -0.2) is 50.3 Å². The molecule has 0 radical (unpaired) electrons. The normalized spacial score (nSPS) is 12.9. The van der Waals surface area contributed by atoms with Gasteiger partial charge in [-0.2, -0.15) is 5.10 Å². The molecule has 1 unspecified atom stereocenters. The predicted molar refractivity (Wildman–Crippen MR) is 132 cm³/mol. The molecule has 0 amide bonds. The van der Waals surface area contributed by atoms with Crippen molar-refractivity contribution < 1.29 is 8.42 Å². The zero-order valence-corrected chi connectivity index (χ0v) is 21.8. The van der Waals surface area contributed by atoms with Crippen LogP contribution in [0.1, 0.15) is 23.9 Å². The summed E-state index contributed by atoms with van der Waals surface area (Å²) in [7, 11) is 0.0163. The van der Waals surface area contributed by atoms with Gasteiger partial charge in [0.05, 0.1) is 10.6 Å². The van der Waals surface area contributed by atoms with Crippen molar-refractivity contribution in [2.24, 2.45) is 12.0 Å². The van der Waals surface area contributed by atoms with Crippen molar-refractivity contribution in [3.63, 3.8) is 0 Å². The molecule has 2 rings (SSSR count). The highest BCUT2D eigenvalue weighted by Crippen LogP contribution is 2.15. The number of nitrogens with one attached hydrogen (secondary N) is 3. The molecule has 1 atom stereocenters. The van der Waals surface area contributed by atoms with Crippen molar-refractivity contribution in [1.82, 2.24) is 25.1 Å². The third kappa shape index (κ3) is 7.40. The van der Waals surface area contributed by atoms with Crippen LogP contribution in [0, 0.1) is 13.8 Å². The van der Waals surface area contributed by atoms with Gasteiger partial charge in [0.1, 0.15) is 0 Å². The fourth-order valence-electron chi connectivity index (χ4n) is 2.98.